The summed E-state index contributed by atoms with van der Waals surface area (Å²) in [5, 5.41) is 0. The number of isocyanates is 1. The molecule has 0 atom stereocenters. The van der Waals surface area contributed by atoms with Gasteiger partial charge in [0.05, 0.1) is 0 Å². The van der Waals surface area contributed by atoms with Crippen molar-refractivity contribution in [3.63, 3.8) is 0 Å². The Hall–Kier alpha value is 0.00338. The molecule has 0 aliphatic rings. The Morgan fingerprint density at radius 1 is 2.00 bits per heavy atom. The summed E-state index contributed by atoms with van der Waals surface area (Å²) in [5.74, 6) is 0. The summed E-state index contributed by atoms with van der Waals surface area (Å²) in [4.78, 5) is 8.85. The maximum absolute atomic E-state index is 8.85. The van der Waals surface area contributed by atoms with Gasteiger partial charge in [-0.1, -0.05) is 0 Å². The Morgan fingerprint density at radius 2 is 2.25 bits per heavy atom. The predicted molar refractivity (Wildman–Crippen MR) is 8.12 cm³/mol. The van der Waals surface area contributed by atoms with Gasteiger partial charge in [0, 0.05) is 0 Å². The molecule has 3 heteroatoms. The van der Waals surface area contributed by atoms with Gasteiger partial charge in [-0.2, -0.15) is 0 Å². The van der Waals surface area contributed by atoms with E-state index in [2.05, 4.69) is 3.74 Å². The fourth-order valence-corrected chi connectivity index (χ4v) is 0. The zero-order valence-electron chi connectivity index (χ0n) is 1.69. The van der Waals surface area contributed by atoms with Crippen LogP contribution >= 0.6 is 0 Å². The summed E-state index contributed by atoms with van der Waals surface area (Å²) >= 11 is 2.01. The van der Waals surface area contributed by atoms with E-state index in [0.29, 0.717) is 0 Å². The molecule has 0 aromatic carbocycles. The van der Waals surface area contributed by atoms with Crippen LogP contribution in [0.5, 0.6) is 0 Å². The minimum atomic E-state index is 1.26. The molecule has 0 saturated carbocycles. The first kappa shape index (κ1) is 4.00. The fraction of sp³-hybridized carbons (Fsp3) is 0. The van der Waals surface area contributed by atoms with E-state index >= 15 is 0 Å². The summed E-state index contributed by atoms with van der Waals surface area (Å²) in [7, 11) is 0. The molecule has 0 aliphatic heterocycles. The second-order valence-corrected chi connectivity index (χ2v) is 0.532. The second-order valence-electron chi connectivity index (χ2n) is 0.166. The zero-order chi connectivity index (χ0) is 3.41. The van der Waals surface area contributed by atoms with Crippen LogP contribution in [0.1, 0.15) is 0 Å². The number of hydrogen-bond donors (Lipinski definition) is 0. The van der Waals surface area contributed by atoms with Gasteiger partial charge < -0.3 is 0 Å². The molecule has 0 heterocycles. The van der Waals surface area contributed by atoms with Crippen molar-refractivity contribution < 1.29 is 23.3 Å². The average Bonchev–Trinajstić information content (AvgIpc) is 1.37. The molecule has 0 aromatic heterocycles. The fourth-order valence-electron chi connectivity index (χ4n) is 0. The van der Waals surface area contributed by atoms with Crippen LogP contribution in [-0.4, -0.2) is 6.08 Å². The van der Waals surface area contributed by atoms with Crippen molar-refractivity contribution in [2.75, 3.05) is 0 Å². The number of nitrogens with zero attached hydrogens (tertiary/aromatic N) is 1. The standard InChI is InChI=1S/CNO.Rh/c2-1-3;/q-1;+1. The van der Waals surface area contributed by atoms with Crippen molar-refractivity contribution in [2.24, 2.45) is 3.74 Å². The van der Waals surface area contributed by atoms with E-state index < -0.39 is 0 Å². The van der Waals surface area contributed by atoms with E-state index in [0.717, 1.165) is 0 Å². The van der Waals surface area contributed by atoms with Crippen molar-refractivity contribution in [2.45, 2.75) is 0 Å². The van der Waals surface area contributed by atoms with Crippen LogP contribution in [0.15, 0.2) is 3.74 Å². The van der Waals surface area contributed by atoms with Crippen molar-refractivity contribution in [3.05, 3.63) is 0 Å². The first-order valence-electron chi connectivity index (χ1n) is 0.577. The van der Waals surface area contributed by atoms with Crippen LogP contribution in [0.25, 0.3) is 0 Å². The third-order valence-corrected chi connectivity index (χ3v) is 0.180. The van der Waals surface area contributed by atoms with Gasteiger partial charge in [-0.25, -0.2) is 0 Å². The molecule has 0 aliphatic carbocycles. The van der Waals surface area contributed by atoms with Gasteiger partial charge in [0.1, 0.15) is 0 Å². The van der Waals surface area contributed by atoms with Gasteiger partial charge in [0.15, 0.2) is 0 Å². The summed E-state index contributed by atoms with van der Waals surface area (Å²) in [5.41, 5.74) is 0. The molecule has 0 rings (SSSR count). The van der Waals surface area contributed by atoms with Crippen LogP contribution in [0.3, 0.4) is 0 Å². The molecule has 0 N–H and O–H groups in total. The Labute approximate surface area is 33.9 Å². The predicted octanol–water partition coefficient (Wildman–Crippen LogP) is -0.216. The van der Waals surface area contributed by atoms with E-state index in [4.69, 9.17) is 4.79 Å². The monoisotopic (exact) mass is 145 g/mol. The zero-order valence-corrected chi connectivity index (χ0v) is 3.33. The molecule has 4 heavy (non-hydrogen) atoms. The molecule has 0 spiro atoms. The Morgan fingerprint density at radius 3 is 2.25 bits per heavy atom. The van der Waals surface area contributed by atoms with E-state index in [-0.39, 0.29) is 0 Å². The SMILES string of the molecule is O=C=[N][Rh]. The van der Waals surface area contributed by atoms with Crippen LogP contribution < -0.4 is 0 Å². The van der Waals surface area contributed by atoms with Gasteiger partial charge in [0.2, 0.25) is 0 Å². The molecule has 0 unspecified atom stereocenters. The quantitative estimate of drug-likeness (QED) is 0.263. The van der Waals surface area contributed by atoms with E-state index in [9.17, 15) is 0 Å². The summed E-state index contributed by atoms with van der Waals surface area (Å²) in [6, 6.07) is 0. The molecular formula is CNORh. The molecule has 0 bridgehead atoms. The van der Waals surface area contributed by atoms with Crippen LogP contribution in [-0.2, 0) is 23.3 Å². The normalized spacial score (nSPS) is 4.50. The molecule has 0 fully saturated rings. The van der Waals surface area contributed by atoms with Gasteiger partial charge >= 0.3 is 33.2 Å². The summed E-state index contributed by atoms with van der Waals surface area (Å²) in [6.07, 6.45) is 1.26. The van der Waals surface area contributed by atoms with Crippen LogP contribution in [0, 0.1) is 0 Å². The molecule has 2 nitrogen and oxygen atoms in total. The van der Waals surface area contributed by atoms with Crippen molar-refractivity contribution in [1.82, 2.24) is 0 Å². The topological polar surface area (TPSA) is 29.4 Å². The summed E-state index contributed by atoms with van der Waals surface area (Å²) in [6.45, 7) is 0. The Bertz CT molecular complexity index is 46.0. The van der Waals surface area contributed by atoms with E-state index in [1.807, 2.05) is 18.5 Å². The third-order valence-electron chi connectivity index (χ3n) is 0.0304. The van der Waals surface area contributed by atoms with Gasteiger partial charge in [-0.05, 0) is 0 Å². The second kappa shape index (κ2) is 3.00. The number of carbonyl (C=O) groups excluding carboxylic acids is 1. The first-order valence-corrected chi connectivity index (χ1v) is 1.31. The van der Waals surface area contributed by atoms with Crippen LogP contribution in [0.2, 0.25) is 0 Å². The van der Waals surface area contributed by atoms with E-state index in [1.165, 1.54) is 6.08 Å². The van der Waals surface area contributed by atoms with Crippen molar-refractivity contribution >= 4 is 6.08 Å². The van der Waals surface area contributed by atoms with Gasteiger partial charge in [0.25, 0.3) is 0 Å². The minimum absolute atomic E-state index is 1.26. The average molecular weight is 145 g/mol. The van der Waals surface area contributed by atoms with Crippen molar-refractivity contribution in [1.29, 1.82) is 0 Å². The third kappa shape index (κ3) is 2.00. The Balaban J connectivity index is 3.11. The number of rotatable bonds is 0. The van der Waals surface area contributed by atoms with Crippen molar-refractivity contribution in [3.8, 4) is 0 Å². The first-order chi connectivity index (χ1) is 1.91. The number of hydrogen-bond acceptors (Lipinski definition) is 2. The molecule has 0 amide bonds. The molecular weight excluding hydrogens is 145 g/mol. The molecule has 0 radical (unpaired) electrons. The van der Waals surface area contributed by atoms with Gasteiger partial charge in [-0.3, -0.25) is 0 Å². The molecule has 0 aromatic rings. The van der Waals surface area contributed by atoms with Crippen LogP contribution in [0.4, 0.5) is 0 Å². The maximum atomic E-state index is 8.85. The summed E-state index contributed by atoms with van der Waals surface area (Å²) < 4.78 is 2.82. The van der Waals surface area contributed by atoms with E-state index in [1.54, 1.807) is 0 Å². The van der Waals surface area contributed by atoms with Gasteiger partial charge in [-0.15, -0.1) is 0 Å². The Kier molecular flexibility index (Phi) is 3.01. The molecule has 0 saturated heterocycles. The molecule has 24 valence electrons.